The number of rotatable bonds is 8. The summed E-state index contributed by atoms with van der Waals surface area (Å²) < 4.78 is 27.2. The van der Waals surface area contributed by atoms with Crippen LogP contribution in [0, 0.1) is 20.8 Å². The van der Waals surface area contributed by atoms with Gasteiger partial charge in [0.15, 0.2) is 0 Å². The number of hydrogen-bond acceptors (Lipinski definition) is 6. The summed E-state index contributed by atoms with van der Waals surface area (Å²) >= 11 is 0. The van der Waals surface area contributed by atoms with Crippen LogP contribution in [0.4, 0.5) is 11.6 Å². The molecule has 1 aromatic carbocycles. The molecule has 7 nitrogen and oxygen atoms in total. The van der Waals surface area contributed by atoms with Crippen LogP contribution in [0.3, 0.4) is 0 Å². The Morgan fingerprint density at radius 3 is 2.24 bits per heavy atom. The standard InChI is InChI=1S/C17H25N5O2S/c1-5-18-16-11-17(22-14(4)21-16)19-8-9-20-25(23,24)15-7-6-12(2)13(3)10-15/h6-7,10-11,20H,5,8-9H2,1-4H3,(H2,18,19,21,22). The molecule has 136 valence electrons. The summed E-state index contributed by atoms with van der Waals surface area (Å²) in [5, 5.41) is 6.24. The molecule has 0 radical (unpaired) electrons. The van der Waals surface area contributed by atoms with Gasteiger partial charge in [-0.2, -0.15) is 0 Å². The third kappa shape index (κ3) is 5.40. The van der Waals surface area contributed by atoms with Gasteiger partial charge < -0.3 is 10.6 Å². The van der Waals surface area contributed by atoms with E-state index in [4.69, 9.17) is 0 Å². The van der Waals surface area contributed by atoms with Gasteiger partial charge >= 0.3 is 0 Å². The predicted molar refractivity (Wildman–Crippen MR) is 101 cm³/mol. The monoisotopic (exact) mass is 363 g/mol. The van der Waals surface area contributed by atoms with E-state index in [9.17, 15) is 8.42 Å². The van der Waals surface area contributed by atoms with Crippen molar-refractivity contribution in [2.24, 2.45) is 0 Å². The average molecular weight is 363 g/mol. The predicted octanol–water partition coefficient (Wildman–Crippen LogP) is 2.22. The Balaban J connectivity index is 1.93. The first-order chi connectivity index (χ1) is 11.8. The molecule has 0 atom stereocenters. The molecular weight excluding hydrogens is 338 g/mol. The quantitative estimate of drug-likeness (QED) is 0.623. The zero-order valence-electron chi connectivity index (χ0n) is 15.0. The Kier molecular flexibility index (Phi) is 6.33. The van der Waals surface area contributed by atoms with Gasteiger partial charge in [0.2, 0.25) is 10.0 Å². The molecule has 8 heteroatoms. The van der Waals surface area contributed by atoms with Crippen molar-refractivity contribution in [1.82, 2.24) is 14.7 Å². The highest BCUT2D eigenvalue weighted by Crippen LogP contribution is 2.14. The molecule has 0 spiro atoms. The molecule has 2 aromatic rings. The Hall–Kier alpha value is -2.19. The molecule has 25 heavy (non-hydrogen) atoms. The van der Waals surface area contributed by atoms with E-state index in [0.717, 1.165) is 23.5 Å². The van der Waals surface area contributed by atoms with Crippen LogP contribution in [0.15, 0.2) is 29.2 Å². The normalized spacial score (nSPS) is 11.4. The third-order valence-corrected chi connectivity index (χ3v) is 5.17. The number of anilines is 2. The Morgan fingerprint density at radius 1 is 0.920 bits per heavy atom. The van der Waals surface area contributed by atoms with E-state index < -0.39 is 10.0 Å². The largest absolute Gasteiger partial charge is 0.370 e. The lowest BCUT2D eigenvalue weighted by molar-refractivity contribution is 0.582. The topological polar surface area (TPSA) is 96.0 Å². The maximum Gasteiger partial charge on any atom is 0.240 e. The van der Waals surface area contributed by atoms with Gasteiger partial charge in [0.05, 0.1) is 4.90 Å². The lowest BCUT2D eigenvalue weighted by Crippen LogP contribution is -2.29. The van der Waals surface area contributed by atoms with Gasteiger partial charge in [-0.1, -0.05) is 6.07 Å². The summed E-state index contributed by atoms with van der Waals surface area (Å²) in [7, 11) is -3.51. The SMILES string of the molecule is CCNc1cc(NCCNS(=O)(=O)c2ccc(C)c(C)c2)nc(C)n1. The minimum Gasteiger partial charge on any atom is -0.370 e. The zero-order chi connectivity index (χ0) is 18.4. The summed E-state index contributed by atoms with van der Waals surface area (Å²) in [4.78, 5) is 8.84. The lowest BCUT2D eigenvalue weighted by Gasteiger charge is -2.11. The van der Waals surface area contributed by atoms with E-state index in [0.29, 0.717) is 18.2 Å². The van der Waals surface area contributed by atoms with Crippen LogP contribution in [0.1, 0.15) is 23.9 Å². The molecule has 0 aliphatic rings. The third-order valence-electron chi connectivity index (χ3n) is 3.71. The van der Waals surface area contributed by atoms with Gasteiger partial charge in [-0.05, 0) is 51.0 Å². The van der Waals surface area contributed by atoms with Crippen LogP contribution >= 0.6 is 0 Å². The number of nitrogens with zero attached hydrogens (tertiary/aromatic N) is 2. The summed E-state index contributed by atoms with van der Waals surface area (Å²) in [5.74, 6) is 2.05. The molecule has 0 saturated carbocycles. The van der Waals surface area contributed by atoms with Crippen LogP contribution in [0.25, 0.3) is 0 Å². The van der Waals surface area contributed by atoms with Crippen LogP contribution < -0.4 is 15.4 Å². The van der Waals surface area contributed by atoms with Gasteiger partial charge in [-0.25, -0.2) is 23.1 Å². The van der Waals surface area contributed by atoms with Crippen molar-refractivity contribution in [3.05, 3.63) is 41.2 Å². The van der Waals surface area contributed by atoms with Crippen LogP contribution in [0.5, 0.6) is 0 Å². The second-order valence-corrected chi connectivity index (χ2v) is 7.55. The molecule has 0 bridgehead atoms. The molecule has 3 N–H and O–H groups in total. The van der Waals surface area contributed by atoms with Gasteiger partial charge in [0.25, 0.3) is 0 Å². The number of aryl methyl sites for hydroxylation is 3. The van der Waals surface area contributed by atoms with E-state index in [2.05, 4.69) is 25.3 Å². The van der Waals surface area contributed by atoms with Crippen LogP contribution in [-0.2, 0) is 10.0 Å². The first kappa shape index (κ1) is 19.1. The molecule has 0 aliphatic carbocycles. The van der Waals surface area contributed by atoms with E-state index >= 15 is 0 Å². The summed E-state index contributed by atoms with van der Waals surface area (Å²) in [6.07, 6.45) is 0. The van der Waals surface area contributed by atoms with E-state index in [1.165, 1.54) is 0 Å². The highest BCUT2D eigenvalue weighted by atomic mass is 32.2. The van der Waals surface area contributed by atoms with E-state index in [1.807, 2.05) is 33.8 Å². The van der Waals surface area contributed by atoms with Gasteiger partial charge in [0, 0.05) is 25.7 Å². The van der Waals surface area contributed by atoms with Crippen LogP contribution in [-0.4, -0.2) is 38.0 Å². The second kappa shape index (κ2) is 8.26. The highest BCUT2D eigenvalue weighted by Gasteiger charge is 2.13. The van der Waals surface area contributed by atoms with Crippen molar-refractivity contribution in [2.75, 3.05) is 30.3 Å². The van der Waals surface area contributed by atoms with E-state index in [-0.39, 0.29) is 11.4 Å². The fraction of sp³-hybridized carbons (Fsp3) is 0.412. The smallest absolute Gasteiger partial charge is 0.240 e. The lowest BCUT2D eigenvalue weighted by atomic mass is 10.1. The van der Waals surface area contributed by atoms with Gasteiger partial charge in [-0.3, -0.25) is 0 Å². The van der Waals surface area contributed by atoms with Crippen molar-refractivity contribution in [1.29, 1.82) is 0 Å². The van der Waals surface area contributed by atoms with Crippen molar-refractivity contribution < 1.29 is 8.42 Å². The molecule has 0 saturated heterocycles. The summed E-state index contributed by atoms with van der Waals surface area (Å²) in [6.45, 7) is 9.11. The summed E-state index contributed by atoms with van der Waals surface area (Å²) in [6, 6.07) is 6.92. The fourth-order valence-corrected chi connectivity index (χ4v) is 3.39. The van der Waals surface area contributed by atoms with Crippen molar-refractivity contribution in [2.45, 2.75) is 32.6 Å². The average Bonchev–Trinajstić information content (AvgIpc) is 2.54. The van der Waals surface area contributed by atoms with Crippen molar-refractivity contribution >= 4 is 21.7 Å². The molecule has 1 aromatic heterocycles. The number of nitrogens with one attached hydrogen (secondary N) is 3. The van der Waals surface area contributed by atoms with Crippen molar-refractivity contribution in [3.63, 3.8) is 0 Å². The number of sulfonamides is 1. The number of hydrogen-bond donors (Lipinski definition) is 3. The fourth-order valence-electron chi connectivity index (χ4n) is 2.27. The van der Waals surface area contributed by atoms with Gasteiger partial charge in [0.1, 0.15) is 17.5 Å². The first-order valence-electron chi connectivity index (χ1n) is 8.22. The minimum absolute atomic E-state index is 0.259. The maximum atomic E-state index is 12.3. The molecule has 0 amide bonds. The Labute approximate surface area is 149 Å². The minimum atomic E-state index is -3.51. The number of benzene rings is 1. The maximum absolute atomic E-state index is 12.3. The first-order valence-corrected chi connectivity index (χ1v) is 9.70. The molecule has 1 heterocycles. The zero-order valence-corrected chi connectivity index (χ0v) is 15.9. The van der Waals surface area contributed by atoms with Crippen LogP contribution in [0.2, 0.25) is 0 Å². The van der Waals surface area contributed by atoms with E-state index in [1.54, 1.807) is 18.2 Å². The molecule has 0 aliphatic heterocycles. The highest BCUT2D eigenvalue weighted by molar-refractivity contribution is 7.89. The Bertz CT molecular complexity index is 837. The van der Waals surface area contributed by atoms with Crippen molar-refractivity contribution in [3.8, 4) is 0 Å². The molecule has 0 fully saturated rings. The summed E-state index contributed by atoms with van der Waals surface area (Å²) in [5.41, 5.74) is 2.02. The van der Waals surface area contributed by atoms with Gasteiger partial charge in [-0.15, -0.1) is 0 Å². The number of aromatic nitrogens is 2. The molecule has 0 unspecified atom stereocenters. The molecular formula is C17H25N5O2S. The Morgan fingerprint density at radius 2 is 1.60 bits per heavy atom. The molecule has 2 rings (SSSR count). The second-order valence-electron chi connectivity index (χ2n) is 5.79.